The third kappa shape index (κ3) is 3.96. The van der Waals surface area contributed by atoms with Crippen molar-refractivity contribution in [3.63, 3.8) is 0 Å². The lowest BCUT2D eigenvalue weighted by Crippen LogP contribution is -2.46. The summed E-state index contributed by atoms with van der Waals surface area (Å²) in [5.41, 5.74) is 0.519. The van der Waals surface area contributed by atoms with E-state index in [4.69, 9.17) is 0 Å². The van der Waals surface area contributed by atoms with Gasteiger partial charge in [0.25, 0.3) is 0 Å². The summed E-state index contributed by atoms with van der Waals surface area (Å²) in [5.74, 6) is 0. The van der Waals surface area contributed by atoms with E-state index in [-0.39, 0.29) is 0 Å². The first-order valence-corrected chi connectivity index (χ1v) is 6.22. The number of rotatable bonds is 6. The number of likely N-dealkylation sites (N-methyl/N-ethyl adjacent to an activating group) is 1. The highest BCUT2D eigenvalue weighted by molar-refractivity contribution is 4.88. The number of piperidine rings is 1. The summed E-state index contributed by atoms with van der Waals surface area (Å²) in [6, 6.07) is 0. The van der Waals surface area contributed by atoms with Crippen molar-refractivity contribution in [3.05, 3.63) is 12.7 Å². The van der Waals surface area contributed by atoms with E-state index < -0.39 is 0 Å². The van der Waals surface area contributed by atoms with Crippen LogP contribution in [-0.2, 0) is 0 Å². The molecule has 0 bridgehead atoms. The van der Waals surface area contributed by atoms with E-state index in [9.17, 15) is 0 Å². The Labute approximate surface area is 94.7 Å². The lowest BCUT2D eigenvalue weighted by Gasteiger charge is -2.40. The fraction of sp³-hybridized carbons (Fsp3) is 0.846. The average molecular weight is 210 g/mol. The third-order valence-electron chi connectivity index (χ3n) is 3.39. The maximum atomic E-state index is 3.81. The molecular weight excluding hydrogens is 184 g/mol. The first-order valence-electron chi connectivity index (χ1n) is 6.22. The average Bonchev–Trinajstić information content (AvgIpc) is 2.19. The largest absolute Gasteiger partial charge is 0.316 e. The van der Waals surface area contributed by atoms with Crippen LogP contribution in [-0.4, -0.2) is 38.1 Å². The monoisotopic (exact) mass is 210 g/mol. The van der Waals surface area contributed by atoms with E-state index >= 15 is 0 Å². The molecule has 0 saturated carbocycles. The highest BCUT2D eigenvalue weighted by Crippen LogP contribution is 2.32. The summed E-state index contributed by atoms with van der Waals surface area (Å²) in [6.45, 7) is 10.7. The second kappa shape index (κ2) is 6.29. The van der Waals surface area contributed by atoms with Crippen molar-refractivity contribution in [1.29, 1.82) is 0 Å². The van der Waals surface area contributed by atoms with Crippen LogP contribution in [0.4, 0.5) is 0 Å². The molecule has 0 aromatic heterocycles. The van der Waals surface area contributed by atoms with Gasteiger partial charge in [-0.15, -0.1) is 6.58 Å². The first kappa shape index (κ1) is 12.7. The zero-order chi connectivity index (χ0) is 11.1. The lowest BCUT2D eigenvalue weighted by molar-refractivity contribution is 0.128. The lowest BCUT2D eigenvalue weighted by atomic mass is 9.76. The maximum absolute atomic E-state index is 3.81. The van der Waals surface area contributed by atoms with Crippen molar-refractivity contribution in [2.75, 3.05) is 33.2 Å². The minimum atomic E-state index is 0.519. The maximum Gasteiger partial charge on any atom is 0.0157 e. The number of hydrogen-bond donors (Lipinski definition) is 1. The Balaban J connectivity index is 2.50. The molecule has 1 heterocycles. The molecule has 0 aliphatic carbocycles. The van der Waals surface area contributed by atoms with Gasteiger partial charge in [0.2, 0.25) is 0 Å². The third-order valence-corrected chi connectivity index (χ3v) is 3.39. The topological polar surface area (TPSA) is 15.3 Å². The molecule has 1 unspecified atom stereocenters. The van der Waals surface area contributed by atoms with Crippen molar-refractivity contribution in [2.24, 2.45) is 5.41 Å². The van der Waals surface area contributed by atoms with Crippen molar-refractivity contribution in [2.45, 2.75) is 32.6 Å². The molecule has 1 rings (SSSR count). The number of hydrogen-bond acceptors (Lipinski definition) is 2. The van der Waals surface area contributed by atoms with Gasteiger partial charge < -0.3 is 10.2 Å². The number of nitrogens with zero attached hydrogens (tertiary/aromatic N) is 1. The fourth-order valence-electron chi connectivity index (χ4n) is 2.85. The highest BCUT2D eigenvalue weighted by Gasteiger charge is 2.31. The molecule has 2 heteroatoms. The molecule has 0 spiro atoms. The summed E-state index contributed by atoms with van der Waals surface area (Å²) < 4.78 is 0. The Morgan fingerprint density at radius 3 is 2.87 bits per heavy atom. The van der Waals surface area contributed by atoms with Crippen LogP contribution in [0.2, 0.25) is 0 Å². The Hall–Kier alpha value is -0.340. The van der Waals surface area contributed by atoms with E-state index in [1.807, 2.05) is 6.08 Å². The van der Waals surface area contributed by atoms with E-state index in [2.05, 4.69) is 30.8 Å². The second-order valence-corrected chi connectivity index (χ2v) is 5.02. The van der Waals surface area contributed by atoms with Gasteiger partial charge >= 0.3 is 0 Å². The molecule has 0 aromatic carbocycles. The SMILES string of the molecule is C=CCN(C)CC1(CCC)CCCNC1. The van der Waals surface area contributed by atoms with E-state index in [1.54, 1.807) is 0 Å². The fourth-order valence-corrected chi connectivity index (χ4v) is 2.85. The predicted octanol–water partition coefficient (Wildman–Crippen LogP) is 2.27. The molecule has 1 fully saturated rings. The molecule has 0 amide bonds. The van der Waals surface area contributed by atoms with Gasteiger partial charge in [0, 0.05) is 19.6 Å². The van der Waals surface area contributed by atoms with Crippen molar-refractivity contribution in [1.82, 2.24) is 10.2 Å². The molecule has 1 saturated heterocycles. The highest BCUT2D eigenvalue weighted by atomic mass is 15.1. The standard InChI is InChI=1S/C13H26N2/c1-4-7-13(8-6-9-14-11-13)12-15(3)10-5-2/h5,14H,2,4,6-12H2,1,3H3. The Bertz CT molecular complexity index is 177. The minimum absolute atomic E-state index is 0.519. The van der Waals surface area contributed by atoms with Crippen LogP contribution in [0.25, 0.3) is 0 Å². The molecule has 15 heavy (non-hydrogen) atoms. The van der Waals surface area contributed by atoms with Gasteiger partial charge in [0.05, 0.1) is 0 Å². The molecule has 1 aliphatic heterocycles. The zero-order valence-corrected chi connectivity index (χ0v) is 10.4. The van der Waals surface area contributed by atoms with Crippen LogP contribution in [0, 0.1) is 5.41 Å². The minimum Gasteiger partial charge on any atom is -0.316 e. The Kier molecular flexibility index (Phi) is 5.34. The Morgan fingerprint density at radius 2 is 2.33 bits per heavy atom. The summed E-state index contributed by atoms with van der Waals surface area (Å²) in [6.07, 6.45) is 7.36. The van der Waals surface area contributed by atoms with Gasteiger partial charge in [0.15, 0.2) is 0 Å². The second-order valence-electron chi connectivity index (χ2n) is 5.02. The van der Waals surface area contributed by atoms with Gasteiger partial charge in [-0.05, 0) is 38.3 Å². The van der Waals surface area contributed by atoms with Gasteiger partial charge in [-0.1, -0.05) is 19.4 Å². The van der Waals surface area contributed by atoms with Crippen LogP contribution in [0.15, 0.2) is 12.7 Å². The summed E-state index contributed by atoms with van der Waals surface area (Å²) >= 11 is 0. The molecule has 1 N–H and O–H groups in total. The predicted molar refractivity (Wildman–Crippen MR) is 67.1 cm³/mol. The number of nitrogens with one attached hydrogen (secondary N) is 1. The zero-order valence-electron chi connectivity index (χ0n) is 10.4. The molecule has 0 aromatic rings. The Morgan fingerprint density at radius 1 is 1.53 bits per heavy atom. The van der Waals surface area contributed by atoms with Gasteiger partial charge in [-0.25, -0.2) is 0 Å². The van der Waals surface area contributed by atoms with Crippen molar-refractivity contribution in [3.8, 4) is 0 Å². The normalized spacial score (nSPS) is 26.9. The van der Waals surface area contributed by atoms with Crippen molar-refractivity contribution >= 4 is 0 Å². The molecule has 0 radical (unpaired) electrons. The van der Waals surface area contributed by atoms with Crippen molar-refractivity contribution < 1.29 is 0 Å². The van der Waals surface area contributed by atoms with Crippen LogP contribution in [0.3, 0.4) is 0 Å². The summed E-state index contributed by atoms with van der Waals surface area (Å²) in [5, 5.41) is 3.56. The quantitative estimate of drug-likeness (QED) is 0.677. The van der Waals surface area contributed by atoms with Gasteiger partial charge in [-0.3, -0.25) is 0 Å². The smallest absolute Gasteiger partial charge is 0.0157 e. The van der Waals surface area contributed by atoms with Gasteiger partial charge in [0.1, 0.15) is 0 Å². The summed E-state index contributed by atoms with van der Waals surface area (Å²) in [7, 11) is 2.20. The molecule has 1 aliphatic rings. The molecular formula is C13H26N2. The first-order chi connectivity index (χ1) is 7.22. The van der Waals surface area contributed by atoms with E-state index in [0.717, 1.165) is 6.54 Å². The molecule has 1 atom stereocenters. The van der Waals surface area contributed by atoms with Crippen LogP contribution < -0.4 is 5.32 Å². The van der Waals surface area contributed by atoms with Crippen LogP contribution in [0.5, 0.6) is 0 Å². The van der Waals surface area contributed by atoms with E-state index in [0.29, 0.717) is 5.41 Å². The van der Waals surface area contributed by atoms with Gasteiger partial charge in [-0.2, -0.15) is 0 Å². The molecule has 2 nitrogen and oxygen atoms in total. The van der Waals surface area contributed by atoms with E-state index in [1.165, 1.54) is 45.3 Å². The van der Waals surface area contributed by atoms with Crippen LogP contribution >= 0.6 is 0 Å². The van der Waals surface area contributed by atoms with Crippen LogP contribution in [0.1, 0.15) is 32.6 Å². The molecule has 88 valence electrons. The summed E-state index contributed by atoms with van der Waals surface area (Å²) in [4.78, 5) is 2.40.